The van der Waals surface area contributed by atoms with Crippen LogP contribution in [-0.4, -0.2) is 28.7 Å². The normalized spacial score (nSPS) is 18.9. The molecule has 0 unspecified atom stereocenters. The number of nitrogens with zero attached hydrogens (tertiary/aromatic N) is 2. The fraction of sp³-hybridized carbons (Fsp3) is 0.360. The molecule has 32 heavy (non-hydrogen) atoms. The van der Waals surface area contributed by atoms with Crippen molar-refractivity contribution in [1.82, 2.24) is 9.55 Å². The van der Waals surface area contributed by atoms with Gasteiger partial charge in [0.15, 0.2) is 0 Å². The Morgan fingerprint density at radius 2 is 1.94 bits per heavy atom. The van der Waals surface area contributed by atoms with Crippen LogP contribution in [0, 0.1) is 0 Å². The van der Waals surface area contributed by atoms with Crippen LogP contribution in [0.25, 0.3) is 11.0 Å². The summed E-state index contributed by atoms with van der Waals surface area (Å²) in [6.07, 6.45) is 5.25. The number of fused-ring (bicyclic) bond motifs is 3. The number of nitrogens with one attached hydrogen (secondary N) is 1. The molecule has 166 valence electrons. The number of anilines is 1. The summed E-state index contributed by atoms with van der Waals surface area (Å²) >= 11 is 3.53. The van der Waals surface area contributed by atoms with Gasteiger partial charge in [-0.15, -0.1) is 0 Å². The number of hydrogen-bond donors (Lipinski definition) is 1. The Bertz CT molecular complexity index is 1210. The molecule has 0 radical (unpaired) electrons. The van der Waals surface area contributed by atoms with Gasteiger partial charge in [-0.25, -0.2) is 9.78 Å². The first kappa shape index (κ1) is 21.1. The lowest BCUT2D eigenvalue weighted by atomic mass is 9.93. The van der Waals surface area contributed by atoms with Crippen LogP contribution in [0.5, 0.6) is 5.75 Å². The maximum Gasteiger partial charge on any atom is 0.338 e. The maximum atomic E-state index is 13.6. The lowest BCUT2D eigenvalue weighted by molar-refractivity contribution is -0.146. The topological polar surface area (TPSA) is 65.4 Å². The van der Waals surface area contributed by atoms with E-state index in [9.17, 15) is 4.79 Å². The Labute approximate surface area is 195 Å². The number of hydrogen-bond acceptors (Lipinski definition) is 5. The molecule has 2 aliphatic rings. The van der Waals surface area contributed by atoms with E-state index in [1.54, 1.807) is 7.11 Å². The standard InChI is InChI=1S/C25H26BrN3O3/c1-15-22(24(30)32-17-8-4-3-5-9-17)23(18-13-12-16(26)14-21(18)31-2)29-20-11-7-6-10-19(20)28-25(29)27-15/h6-7,10-14,17,23H,3-5,8-9H2,1-2H3,(H,27,28)/t23-/m1/s1. The second-order valence-corrected chi connectivity index (χ2v) is 9.33. The zero-order valence-electron chi connectivity index (χ0n) is 18.2. The molecule has 1 atom stereocenters. The van der Waals surface area contributed by atoms with Crippen molar-refractivity contribution in [2.45, 2.75) is 51.2 Å². The van der Waals surface area contributed by atoms with Crippen molar-refractivity contribution in [2.75, 3.05) is 12.4 Å². The van der Waals surface area contributed by atoms with Gasteiger partial charge in [-0.1, -0.05) is 40.5 Å². The second kappa shape index (κ2) is 8.62. The Morgan fingerprint density at radius 1 is 1.16 bits per heavy atom. The molecule has 0 spiro atoms. The van der Waals surface area contributed by atoms with E-state index in [1.165, 1.54) is 6.42 Å². The van der Waals surface area contributed by atoms with Crippen molar-refractivity contribution < 1.29 is 14.3 Å². The molecule has 1 aliphatic heterocycles. The third-order valence-corrected chi connectivity index (χ3v) is 6.86. The van der Waals surface area contributed by atoms with Crippen LogP contribution in [0.15, 0.2) is 58.2 Å². The molecule has 0 amide bonds. The molecule has 1 saturated carbocycles. The molecule has 0 bridgehead atoms. The summed E-state index contributed by atoms with van der Waals surface area (Å²) in [5.41, 5.74) is 4.04. The summed E-state index contributed by atoms with van der Waals surface area (Å²) < 4.78 is 14.8. The van der Waals surface area contributed by atoms with E-state index in [4.69, 9.17) is 14.5 Å². The van der Waals surface area contributed by atoms with Gasteiger partial charge in [-0.05, 0) is 56.9 Å². The minimum atomic E-state index is -0.419. The Balaban J connectivity index is 1.66. The highest BCUT2D eigenvalue weighted by molar-refractivity contribution is 9.10. The number of esters is 1. The number of imidazole rings is 1. The highest BCUT2D eigenvalue weighted by Gasteiger charge is 2.37. The van der Waals surface area contributed by atoms with E-state index >= 15 is 0 Å². The highest BCUT2D eigenvalue weighted by atomic mass is 79.9. The van der Waals surface area contributed by atoms with Gasteiger partial charge in [0, 0.05) is 15.7 Å². The predicted octanol–water partition coefficient (Wildman–Crippen LogP) is 5.97. The summed E-state index contributed by atoms with van der Waals surface area (Å²) in [5.74, 6) is 1.12. The SMILES string of the molecule is COc1cc(Br)ccc1[C@@H]1C(C(=O)OC2CCCCC2)=C(C)Nc2nc3ccccc3n21. The van der Waals surface area contributed by atoms with E-state index in [0.29, 0.717) is 17.3 Å². The molecule has 1 fully saturated rings. The van der Waals surface area contributed by atoms with Crippen molar-refractivity contribution >= 4 is 38.9 Å². The molecular weight excluding hydrogens is 470 g/mol. The molecule has 3 aromatic rings. The number of carbonyl (C=O) groups is 1. The number of allylic oxidation sites excluding steroid dienone is 1. The van der Waals surface area contributed by atoms with Gasteiger partial charge < -0.3 is 14.8 Å². The summed E-state index contributed by atoms with van der Waals surface area (Å²) in [7, 11) is 1.65. The largest absolute Gasteiger partial charge is 0.496 e. The molecule has 7 heteroatoms. The van der Waals surface area contributed by atoms with Gasteiger partial charge in [-0.2, -0.15) is 0 Å². The monoisotopic (exact) mass is 495 g/mol. The summed E-state index contributed by atoms with van der Waals surface area (Å²) in [6, 6.07) is 13.4. The zero-order valence-corrected chi connectivity index (χ0v) is 19.8. The van der Waals surface area contributed by atoms with Crippen molar-refractivity contribution in [3.8, 4) is 5.75 Å². The molecule has 0 saturated heterocycles. The lowest BCUT2D eigenvalue weighted by Crippen LogP contribution is -2.31. The number of benzene rings is 2. The fourth-order valence-electron chi connectivity index (χ4n) is 4.83. The van der Waals surface area contributed by atoms with Crippen LogP contribution in [0.4, 0.5) is 5.95 Å². The van der Waals surface area contributed by atoms with Gasteiger partial charge in [0.1, 0.15) is 11.9 Å². The third kappa shape index (κ3) is 3.68. The fourth-order valence-corrected chi connectivity index (χ4v) is 5.17. The van der Waals surface area contributed by atoms with E-state index < -0.39 is 6.04 Å². The van der Waals surface area contributed by atoms with Crippen LogP contribution in [-0.2, 0) is 9.53 Å². The number of para-hydroxylation sites is 2. The van der Waals surface area contributed by atoms with E-state index in [2.05, 4.69) is 25.8 Å². The van der Waals surface area contributed by atoms with Crippen molar-refractivity contribution in [1.29, 1.82) is 0 Å². The van der Waals surface area contributed by atoms with Crippen molar-refractivity contribution in [3.05, 3.63) is 63.8 Å². The van der Waals surface area contributed by atoms with Gasteiger partial charge in [0.2, 0.25) is 5.95 Å². The van der Waals surface area contributed by atoms with Gasteiger partial charge in [0.25, 0.3) is 0 Å². The molecular formula is C25H26BrN3O3. The van der Waals surface area contributed by atoms with Gasteiger partial charge in [-0.3, -0.25) is 4.57 Å². The number of rotatable bonds is 4. The summed E-state index contributed by atoms with van der Waals surface area (Å²) in [4.78, 5) is 18.4. The van der Waals surface area contributed by atoms with Gasteiger partial charge in [0.05, 0.1) is 29.8 Å². The highest BCUT2D eigenvalue weighted by Crippen LogP contribution is 2.43. The molecule has 2 aromatic carbocycles. The van der Waals surface area contributed by atoms with E-state index in [0.717, 1.165) is 52.4 Å². The summed E-state index contributed by atoms with van der Waals surface area (Å²) in [6.45, 7) is 1.92. The van der Waals surface area contributed by atoms with E-state index in [-0.39, 0.29) is 12.1 Å². The zero-order chi connectivity index (χ0) is 22.2. The molecule has 1 N–H and O–H groups in total. The first-order valence-electron chi connectivity index (χ1n) is 11.1. The number of aromatic nitrogens is 2. The first-order valence-corrected chi connectivity index (χ1v) is 11.9. The Hall–Kier alpha value is -2.80. The average Bonchev–Trinajstić information content (AvgIpc) is 3.16. The quantitative estimate of drug-likeness (QED) is 0.451. The molecule has 5 rings (SSSR count). The lowest BCUT2D eigenvalue weighted by Gasteiger charge is -2.32. The van der Waals surface area contributed by atoms with Crippen LogP contribution >= 0.6 is 15.9 Å². The molecule has 2 heterocycles. The molecule has 1 aliphatic carbocycles. The predicted molar refractivity (Wildman–Crippen MR) is 128 cm³/mol. The smallest absolute Gasteiger partial charge is 0.338 e. The summed E-state index contributed by atoms with van der Waals surface area (Å²) in [5, 5.41) is 3.35. The molecule has 1 aromatic heterocycles. The first-order chi connectivity index (χ1) is 15.6. The van der Waals surface area contributed by atoms with E-state index in [1.807, 2.05) is 49.4 Å². The Morgan fingerprint density at radius 3 is 2.72 bits per heavy atom. The molecule has 6 nitrogen and oxygen atoms in total. The van der Waals surface area contributed by atoms with Crippen LogP contribution in [0.2, 0.25) is 0 Å². The van der Waals surface area contributed by atoms with Gasteiger partial charge >= 0.3 is 5.97 Å². The second-order valence-electron chi connectivity index (χ2n) is 8.41. The minimum absolute atomic E-state index is 0.0232. The van der Waals surface area contributed by atoms with Crippen molar-refractivity contribution in [2.24, 2.45) is 0 Å². The number of ether oxygens (including phenoxy) is 2. The number of methoxy groups -OCH3 is 1. The van der Waals surface area contributed by atoms with Crippen molar-refractivity contribution in [3.63, 3.8) is 0 Å². The number of halogens is 1. The minimum Gasteiger partial charge on any atom is -0.496 e. The average molecular weight is 496 g/mol. The Kier molecular flexibility index (Phi) is 5.67. The third-order valence-electron chi connectivity index (χ3n) is 6.37. The van der Waals surface area contributed by atoms with Crippen LogP contribution in [0.3, 0.4) is 0 Å². The van der Waals surface area contributed by atoms with Crippen LogP contribution < -0.4 is 10.1 Å². The number of carbonyl (C=O) groups excluding carboxylic acids is 1. The maximum absolute atomic E-state index is 13.6. The van der Waals surface area contributed by atoms with Crippen LogP contribution in [0.1, 0.15) is 50.6 Å².